The molecule has 0 N–H and O–H groups in total. The van der Waals surface area contributed by atoms with Crippen molar-refractivity contribution >= 4 is 5.97 Å². The van der Waals surface area contributed by atoms with Gasteiger partial charge in [-0.15, -0.1) is 0 Å². The number of hydrogen-bond donors (Lipinski definition) is 0. The fourth-order valence-corrected chi connectivity index (χ4v) is 6.55. The lowest BCUT2D eigenvalue weighted by molar-refractivity contribution is -0.173. The molecule has 0 spiro atoms. The van der Waals surface area contributed by atoms with Crippen LogP contribution in [0.15, 0.2) is 0 Å². The van der Waals surface area contributed by atoms with Crippen molar-refractivity contribution in [2.75, 3.05) is 0 Å². The minimum Gasteiger partial charge on any atom is -0.460 e. The van der Waals surface area contributed by atoms with Crippen molar-refractivity contribution in [3.05, 3.63) is 0 Å². The maximum Gasteiger partial charge on any atom is 0.312 e. The van der Waals surface area contributed by atoms with Gasteiger partial charge >= 0.3 is 5.97 Å². The van der Waals surface area contributed by atoms with Gasteiger partial charge < -0.3 is 4.74 Å². The molecular weight excluding hydrogens is 272 g/mol. The first-order valence-corrected chi connectivity index (χ1v) is 9.53. The van der Waals surface area contributed by atoms with Crippen molar-refractivity contribution < 1.29 is 9.53 Å². The van der Waals surface area contributed by atoms with Crippen LogP contribution in [0, 0.1) is 40.9 Å². The van der Waals surface area contributed by atoms with Crippen LogP contribution in [0.2, 0.25) is 0 Å². The quantitative estimate of drug-likeness (QED) is 0.500. The van der Waals surface area contributed by atoms with Crippen LogP contribution in [-0.4, -0.2) is 11.6 Å². The molecule has 22 heavy (non-hydrogen) atoms. The Morgan fingerprint density at radius 3 is 2.18 bits per heavy atom. The Morgan fingerprint density at radius 1 is 1.00 bits per heavy atom. The van der Waals surface area contributed by atoms with Crippen LogP contribution in [0.25, 0.3) is 0 Å². The summed E-state index contributed by atoms with van der Waals surface area (Å²) in [7, 11) is 0. The predicted molar refractivity (Wildman–Crippen MR) is 89.3 cm³/mol. The molecule has 4 aliphatic rings. The van der Waals surface area contributed by atoms with E-state index in [0.717, 1.165) is 36.0 Å². The SMILES string of the molecule is CC.CC(C)(C)OC(=O)C1(C)CC2CC1C1C3CCC(C3)C21. The summed E-state index contributed by atoms with van der Waals surface area (Å²) in [6, 6.07) is 0. The minimum atomic E-state index is -0.351. The number of hydrogen-bond acceptors (Lipinski definition) is 2. The van der Waals surface area contributed by atoms with E-state index in [0.29, 0.717) is 5.92 Å². The smallest absolute Gasteiger partial charge is 0.312 e. The monoisotopic (exact) mass is 306 g/mol. The summed E-state index contributed by atoms with van der Waals surface area (Å²) in [5.74, 6) is 5.27. The van der Waals surface area contributed by atoms with Crippen molar-refractivity contribution in [1.82, 2.24) is 0 Å². The molecule has 4 fully saturated rings. The van der Waals surface area contributed by atoms with Gasteiger partial charge in [-0.2, -0.15) is 0 Å². The van der Waals surface area contributed by atoms with Gasteiger partial charge in [0.15, 0.2) is 0 Å². The highest BCUT2D eigenvalue weighted by molar-refractivity contribution is 5.78. The molecule has 0 radical (unpaired) electrons. The van der Waals surface area contributed by atoms with Crippen molar-refractivity contribution in [2.24, 2.45) is 40.9 Å². The standard InChI is InChI=1S/C18H28O2.C2H6/c1-17(2,3)20-16(19)18(4)9-12-8-13(18)15-11-6-5-10(7-11)14(12)15;1-2/h10-15H,5-9H2,1-4H3;1-2H3. The van der Waals surface area contributed by atoms with Gasteiger partial charge in [-0.05, 0) is 95.3 Å². The van der Waals surface area contributed by atoms with Gasteiger partial charge in [0.25, 0.3) is 0 Å². The van der Waals surface area contributed by atoms with Gasteiger partial charge in [0.1, 0.15) is 5.60 Å². The molecule has 2 nitrogen and oxygen atoms in total. The van der Waals surface area contributed by atoms with Crippen molar-refractivity contribution in [3.63, 3.8) is 0 Å². The van der Waals surface area contributed by atoms with Crippen molar-refractivity contribution in [2.45, 2.75) is 79.2 Å². The lowest BCUT2D eigenvalue weighted by Gasteiger charge is -2.44. The van der Waals surface area contributed by atoms with E-state index in [1.807, 2.05) is 34.6 Å². The van der Waals surface area contributed by atoms with Crippen LogP contribution >= 0.6 is 0 Å². The van der Waals surface area contributed by atoms with Gasteiger partial charge in [0, 0.05) is 0 Å². The van der Waals surface area contributed by atoms with Crippen molar-refractivity contribution in [1.29, 1.82) is 0 Å². The molecule has 2 heteroatoms. The van der Waals surface area contributed by atoms with E-state index in [9.17, 15) is 4.79 Å². The molecule has 0 amide bonds. The van der Waals surface area contributed by atoms with Gasteiger partial charge in [-0.3, -0.25) is 4.79 Å². The zero-order chi connectivity index (χ0) is 16.3. The van der Waals surface area contributed by atoms with Crippen LogP contribution in [0.1, 0.15) is 73.6 Å². The minimum absolute atomic E-state index is 0.0822. The second-order valence-electron chi connectivity index (χ2n) is 9.21. The van der Waals surface area contributed by atoms with Crippen LogP contribution < -0.4 is 0 Å². The molecule has 7 atom stereocenters. The summed E-state index contributed by atoms with van der Waals surface area (Å²) in [4.78, 5) is 12.7. The fraction of sp³-hybridized carbons (Fsp3) is 0.950. The van der Waals surface area contributed by atoms with Crippen LogP contribution in [0.4, 0.5) is 0 Å². The zero-order valence-electron chi connectivity index (χ0n) is 15.3. The van der Waals surface area contributed by atoms with Crippen LogP contribution in [-0.2, 0) is 9.53 Å². The largest absolute Gasteiger partial charge is 0.460 e. The van der Waals surface area contributed by atoms with Crippen LogP contribution in [0.3, 0.4) is 0 Å². The number of carbonyl (C=O) groups excluding carboxylic acids is 1. The van der Waals surface area contributed by atoms with E-state index >= 15 is 0 Å². The molecular formula is C20H34O2. The van der Waals surface area contributed by atoms with Crippen LogP contribution in [0.5, 0.6) is 0 Å². The van der Waals surface area contributed by atoms with E-state index in [1.54, 1.807) is 0 Å². The zero-order valence-corrected chi connectivity index (χ0v) is 15.3. The molecule has 4 rings (SSSR count). The van der Waals surface area contributed by atoms with Gasteiger partial charge in [-0.1, -0.05) is 13.8 Å². The average Bonchev–Trinajstić information content (AvgIpc) is 3.16. The molecule has 0 saturated heterocycles. The normalized spacial score (nSPS) is 47.9. The summed E-state index contributed by atoms with van der Waals surface area (Å²) in [6.07, 6.45) is 6.76. The second-order valence-corrected chi connectivity index (χ2v) is 9.21. The first-order valence-electron chi connectivity index (χ1n) is 9.53. The molecule has 0 heterocycles. The summed E-state index contributed by atoms with van der Waals surface area (Å²) < 4.78 is 5.77. The molecule has 4 aliphatic carbocycles. The van der Waals surface area contributed by atoms with Gasteiger partial charge in [0.05, 0.1) is 5.41 Å². The average molecular weight is 306 g/mol. The molecule has 0 aromatic carbocycles. The number of carbonyl (C=O) groups is 1. The second kappa shape index (κ2) is 5.24. The Morgan fingerprint density at radius 2 is 1.59 bits per heavy atom. The van der Waals surface area contributed by atoms with Crippen molar-refractivity contribution in [3.8, 4) is 0 Å². The Kier molecular flexibility index (Phi) is 3.89. The molecule has 4 bridgehead atoms. The lowest BCUT2D eigenvalue weighted by Crippen LogP contribution is -2.45. The summed E-state index contributed by atoms with van der Waals surface area (Å²) >= 11 is 0. The third-order valence-electron chi connectivity index (χ3n) is 6.98. The highest BCUT2D eigenvalue weighted by atomic mass is 16.6. The highest BCUT2D eigenvalue weighted by Crippen LogP contribution is 2.72. The summed E-state index contributed by atoms with van der Waals surface area (Å²) in [5.41, 5.74) is -0.542. The lowest BCUT2D eigenvalue weighted by atomic mass is 9.61. The molecule has 7 unspecified atom stereocenters. The maximum absolute atomic E-state index is 12.7. The molecule has 0 aliphatic heterocycles. The maximum atomic E-state index is 12.7. The highest BCUT2D eigenvalue weighted by Gasteiger charge is 2.67. The summed E-state index contributed by atoms with van der Waals surface area (Å²) in [5, 5.41) is 0. The molecule has 0 aromatic heterocycles. The summed E-state index contributed by atoms with van der Waals surface area (Å²) in [6.45, 7) is 12.2. The van der Waals surface area contributed by atoms with E-state index in [2.05, 4.69) is 6.92 Å². The first-order chi connectivity index (χ1) is 10.3. The predicted octanol–water partition coefficient (Wildman–Crippen LogP) is 5.06. The molecule has 4 saturated carbocycles. The Hall–Kier alpha value is -0.530. The Balaban J connectivity index is 0.000000693. The van der Waals surface area contributed by atoms with E-state index in [-0.39, 0.29) is 17.0 Å². The molecule has 0 aromatic rings. The fourth-order valence-electron chi connectivity index (χ4n) is 6.55. The number of fused-ring (bicyclic) bond motifs is 9. The first kappa shape index (κ1) is 16.3. The van der Waals surface area contributed by atoms with E-state index in [4.69, 9.17) is 4.74 Å². The Bertz CT molecular complexity index is 449. The number of rotatable bonds is 1. The number of ether oxygens (including phenoxy) is 1. The topological polar surface area (TPSA) is 26.3 Å². The third kappa shape index (κ3) is 2.24. The van der Waals surface area contributed by atoms with E-state index in [1.165, 1.54) is 25.7 Å². The Labute approximate surface area is 136 Å². The molecule has 126 valence electrons. The third-order valence-corrected chi connectivity index (χ3v) is 6.98. The van der Waals surface area contributed by atoms with Gasteiger partial charge in [0.2, 0.25) is 0 Å². The van der Waals surface area contributed by atoms with Gasteiger partial charge in [-0.25, -0.2) is 0 Å². The van der Waals surface area contributed by atoms with E-state index < -0.39 is 0 Å². The number of esters is 1.